The number of hydrogen-bond acceptors (Lipinski definition) is 4. The molecule has 1 aliphatic rings. The smallest absolute Gasteiger partial charge is 0.339 e. The van der Waals surface area contributed by atoms with Crippen LogP contribution < -0.4 is 5.32 Å². The lowest BCUT2D eigenvalue weighted by Crippen LogP contribution is -2.29. The van der Waals surface area contributed by atoms with Crippen LogP contribution in [0.3, 0.4) is 0 Å². The van der Waals surface area contributed by atoms with Crippen LogP contribution in [0.2, 0.25) is 0 Å². The first kappa shape index (κ1) is 23.0. The number of halogens is 3. The number of amides is 2. The maximum absolute atomic E-state index is 13.1. The number of aryl methyl sites for hydroxylation is 2. The second kappa shape index (κ2) is 8.97. The van der Waals surface area contributed by atoms with Crippen LogP contribution in [0.25, 0.3) is 10.6 Å². The molecule has 2 amide bonds. The lowest BCUT2D eigenvalue weighted by Gasteiger charge is -2.19. The first-order valence-electron chi connectivity index (χ1n) is 10.5. The van der Waals surface area contributed by atoms with Gasteiger partial charge in [-0.15, -0.1) is 11.3 Å². The number of nitrogens with one attached hydrogen (secondary N) is 1. The number of para-hydroxylation sites is 1. The average molecular weight is 474 g/mol. The monoisotopic (exact) mass is 473 g/mol. The van der Waals surface area contributed by atoms with Crippen molar-refractivity contribution < 1.29 is 22.8 Å². The zero-order valence-corrected chi connectivity index (χ0v) is 18.9. The van der Waals surface area contributed by atoms with E-state index in [1.807, 2.05) is 13.0 Å². The molecule has 33 heavy (non-hydrogen) atoms. The highest BCUT2D eigenvalue weighted by atomic mass is 32.1. The summed E-state index contributed by atoms with van der Waals surface area (Å²) in [6.45, 7) is 4.89. The van der Waals surface area contributed by atoms with E-state index in [2.05, 4.69) is 10.3 Å². The summed E-state index contributed by atoms with van der Waals surface area (Å²) in [6.07, 6.45) is -2.49. The van der Waals surface area contributed by atoms with E-state index in [0.717, 1.165) is 41.9 Å². The Labute approximate surface area is 193 Å². The van der Waals surface area contributed by atoms with Gasteiger partial charge >= 0.3 is 6.18 Å². The van der Waals surface area contributed by atoms with E-state index < -0.39 is 17.6 Å². The number of benzene rings is 2. The summed E-state index contributed by atoms with van der Waals surface area (Å²) in [6, 6.07) is 9.99. The summed E-state index contributed by atoms with van der Waals surface area (Å²) in [5.74, 6) is -0.522. The van der Waals surface area contributed by atoms with Crippen LogP contribution in [0.4, 0.5) is 18.9 Å². The first-order valence-corrected chi connectivity index (χ1v) is 11.3. The molecule has 1 fully saturated rings. The van der Waals surface area contributed by atoms with Crippen LogP contribution in [0, 0.1) is 13.8 Å². The molecule has 0 bridgehead atoms. The Hall–Kier alpha value is -3.20. The van der Waals surface area contributed by atoms with Crippen LogP contribution in [-0.4, -0.2) is 34.8 Å². The van der Waals surface area contributed by atoms with Gasteiger partial charge in [-0.1, -0.05) is 24.3 Å². The zero-order valence-electron chi connectivity index (χ0n) is 18.1. The Balaban J connectivity index is 1.59. The number of carbonyl (C=O) groups is 2. The van der Waals surface area contributed by atoms with Crippen LogP contribution in [-0.2, 0) is 6.18 Å². The van der Waals surface area contributed by atoms with Crippen LogP contribution in [0.5, 0.6) is 0 Å². The molecule has 1 saturated heterocycles. The molecule has 3 aromatic rings. The van der Waals surface area contributed by atoms with Gasteiger partial charge in [0.2, 0.25) is 0 Å². The van der Waals surface area contributed by atoms with Crippen LogP contribution >= 0.6 is 11.3 Å². The number of thiazole rings is 1. The van der Waals surface area contributed by atoms with Crippen molar-refractivity contribution in [3.8, 4) is 10.6 Å². The number of alkyl halides is 3. The second-order valence-corrected chi connectivity index (χ2v) is 8.96. The van der Waals surface area contributed by atoms with Crippen molar-refractivity contribution in [3.63, 3.8) is 0 Å². The van der Waals surface area contributed by atoms with Crippen molar-refractivity contribution in [2.75, 3.05) is 18.4 Å². The highest BCUT2D eigenvalue weighted by molar-refractivity contribution is 7.17. The predicted molar refractivity (Wildman–Crippen MR) is 122 cm³/mol. The maximum Gasteiger partial charge on any atom is 0.416 e. The lowest BCUT2D eigenvalue weighted by atomic mass is 10.1. The fourth-order valence-corrected chi connectivity index (χ4v) is 4.77. The van der Waals surface area contributed by atoms with Gasteiger partial charge in [-0.05, 0) is 50.5 Å². The van der Waals surface area contributed by atoms with E-state index >= 15 is 0 Å². The summed E-state index contributed by atoms with van der Waals surface area (Å²) in [5.41, 5.74) is 1.88. The molecular weight excluding hydrogens is 451 g/mol. The normalized spacial score (nSPS) is 13.9. The average Bonchev–Trinajstić information content (AvgIpc) is 3.44. The van der Waals surface area contributed by atoms with Gasteiger partial charge in [0.25, 0.3) is 11.8 Å². The van der Waals surface area contributed by atoms with Crippen LogP contribution in [0.15, 0.2) is 42.5 Å². The minimum atomic E-state index is -4.42. The molecular formula is C24H22F3N3O2S. The summed E-state index contributed by atoms with van der Waals surface area (Å²) in [7, 11) is 0. The van der Waals surface area contributed by atoms with Gasteiger partial charge in [0.15, 0.2) is 0 Å². The SMILES string of the molecule is Cc1cccc(C(=O)N2CCCC2)c1NC(=O)c1sc(-c2ccc(C(F)(F)F)cc2)nc1C. The van der Waals surface area contributed by atoms with Crippen molar-refractivity contribution in [1.29, 1.82) is 0 Å². The number of nitrogens with zero attached hydrogens (tertiary/aromatic N) is 2. The second-order valence-electron chi connectivity index (χ2n) is 7.96. The molecule has 1 aliphatic heterocycles. The molecule has 2 aromatic carbocycles. The lowest BCUT2D eigenvalue weighted by molar-refractivity contribution is -0.137. The number of rotatable bonds is 4. The third-order valence-electron chi connectivity index (χ3n) is 5.60. The van der Waals surface area contributed by atoms with E-state index in [4.69, 9.17) is 0 Å². The molecule has 0 aliphatic carbocycles. The molecule has 1 aromatic heterocycles. The van der Waals surface area contributed by atoms with Gasteiger partial charge in [-0.2, -0.15) is 13.2 Å². The van der Waals surface area contributed by atoms with Gasteiger partial charge in [-0.25, -0.2) is 4.98 Å². The highest BCUT2D eigenvalue weighted by Crippen LogP contribution is 2.33. The van der Waals surface area contributed by atoms with Gasteiger partial charge in [0.1, 0.15) is 9.88 Å². The summed E-state index contributed by atoms with van der Waals surface area (Å²) < 4.78 is 38.5. The van der Waals surface area contributed by atoms with Crippen molar-refractivity contribution in [3.05, 3.63) is 69.7 Å². The Bertz CT molecular complexity index is 1200. The molecule has 0 saturated carbocycles. The molecule has 4 rings (SSSR count). The number of aromatic nitrogens is 1. The zero-order chi connectivity index (χ0) is 23.8. The Morgan fingerprint density at radius 2 is 1.70 bits per heavy atom. The largest absolute Gasteiger partial charge is 0.416 e. The van der Waals surface area contributed by atoms with E-state index in [1.165, 1.54) is 12.1 Å². The molecule has 9 heteroatoms. The fourth-order valence-electron chi connectivity index (χ4n) is 3.81. The van der Waals surface area contributed by atoms with E-state index in [1.54, 1.807) is 24.0 Å². The Morgan fingerprint density at radius 1 is 1.03 bits per heavy atom. The third kappa shape index (κ3) is 4.78. The van der Waals surface area contributed by atoms with E-state index in [-0.39, 0.29) is 5.91 Å². The van der Waals surface area contributed by atoms with Crippen molar-refractivity contribution in [2.24, 2.45) is 0 Å². The van der Waals surface area contributed by atoms with Crippen molar-refractivity contribution in [1.82, 2.24) is 9.88 Å². The van der Waals surface area contributed by atoms with E-state index in [0.29, 0.717) is 45.5 Å². The number of hydrogen-bond donors (Lipinski definition) is 1. The fraction of sp³-hybridized carbons (Fsp3) is 0.292. The Kier molecular flexibility index (Phi) is 6.25. The molecule has 2 heterocycles. The maximum atomic E-state index is 13.1. The standard InChI is InChI=1S/C24H22F3N3O2S/c1-14-6-5-7-18(23(32)30-12-3-4-13-30)19(14)29-21(31)20-15(2)28-22(33-20)16-8-10-17(11-9-16)24(25,26)27/h5-11H,3-4,12-13H2,1-2H3,(H,29,31). The minimum absolute atomic E-state index is 0.113. The first-order chi connectivity index (χ1) is 15.6. The quantitative estimate of drug-likeness (QED) is 0.511. The summed E-state index contributed by atoms with van der Waals surface area (Å²) >= 11 is 1.10. The van der Waals surface area contributed by atoms with Gasteiger partial charge in [0, 0.05) is 18.7 Å². The summed E-state index contributed by atoms with van der Waals surface area (Å²) in [5, 5.41) is 3.32. The van der Waals surface area contributed by atoms with E-state index in [9.17, 15) is 22.8 Å². The highest BCUT2D eigenvalue weighted by Gasteiger charge is 2.30. The van der Waals surface area contributed by atoms with Crippen LogP contribution in [0.1, 0.15) is 49.7 Å². The van der Waals surface area contributed by atoms with Gasteiger partial charge < -0.3 is 10.2 Å². The summed E-state index contributed by atoms with van der Waals surface area (Å²) in [4.78, 5) is 32.6. The number of anilines is 1. The van der Waals surface area contributed by atoms with Gasteiger partial charge in [0.05, 0.1) is 22.5 Å². The molecule has 0 spiro atoms. The molecule has 0 unspecified atom stereocenters. The van der Waals surface area contributed by atoms with Crippen molar-refractivity contribution >= 4 is 28.8 Å². The Morgan fingerprint density at radius 3 is 2.33 bits per heavy atom. The molecule has 5 nitrogen and oxygen atoms in total. The predicted octanol–water partition coefficient (Wildman–Crippen LogP) is 5.93. The number of likely N-dealkylation sites (tertiary alicyclic amines) is 1. The minimum Gasteiger partial charge on any atom is -0.339 e. The third-order valence-corrected chi connectivity index (χ3v) is 6.80. The topological polar surface area (TPSA) is 62.3 Å². The molecule has 172 valence electrons. The van der Waals surface area contributed by atoms with Gasteiger partial charge in [-0.3, -0.25) is 9.59 Å². The van der Waals surface area contributed by atoms with Crippen molar-refractivity contribution in [2.45, 2.75) is 32.9 Å². The molecule has 1 N–H and O–H groups in total. The molecule has 0 radical (unpaired) electrons. The molecule has 0 atom stereocenters. The number of carbonyl (C=O) groups excluding carboxylic acids is 2.